The molecule has 2 aliphatic rings. The summed E-state index contributed by atoms with van der Waals surface area (Å²) in [7, 11) is 3.07. The minimum Gasteiger partial charge on any atom is -0.493 e. The Kier molecular flexibility index (Phi) is 6.17. The highest BCUT2D eigenvalue weighted by Gasteiger charge is 2.47. The van der Waals surface area contributed by atoms with Gasteiger partial charge in [-0.1, -0.05) is 38.2 Å². The van der Waals surface area contributed by atoms with Crippen molar-refractivity contribution >= 4 is 11.6 Å². The topological polar surface area (TPSA) is 102 Å². The number of hydrogen-bond donors (Lipinski definition) is 2. The number of halogens is 1. The zero-order valence-corrected chi connectivity index (χ0v) is 19.3. The van der Waals surface area contributed by atoms with E-state index in [2.05, 4.69) is 25.9 Å². The first-order valence-electron chi connectivity index (χ1n) is 11.7. The van der Waals surface area contributed by atoms with Crippen molar-refractivity contribution in [1.82, 2.24) is 20.6 Å². The summed E-state index contributed by atoms with van der Waals surface area (Å²) in [5.74, 6) is 1.86. The third-order valence-corrected chi connectivity index (χ3v) is 7.06. The van der Waals surface area contributed by atoms with Gasteiger partial charge in [0, 0.05) is 22.7 Å². The summed E-state index contributed by atoms with van der Waals surface area (Å²) in [4.78, 5) is 12.9. The molecule has 178 valence electrons. The molecule has 5 rings (SSSR count). The van der Waals surface area contributed by atoms with Gasteiger partial charge in [0.15, 0.2) is 17.3 Å². The molecule has 0 aliphatic heterocycles. The number of tetrazole rings is 1. The van der Waals surface area contributed by atoms with E-state index in [1.165, 1.54) is 45.3 Å². The van der Waals surface area contributed by atoms with Crippen LogP contribution in [0.15, 0.2) is 30.3 Å². The number of aromatic amines is 1. The highest BCUT2D eigenvalue weighted by Crippen LogP contribution is 2.50. The van der Waals surface area contributed by atoms with E-state index in [1.807, 2.05) is 0 Å². The number of anilines is 1. The fourth-order valence-electron chi connectivity index (χ4n) is 5.26. The molecule has 2 saturated carbocycles. The molecule has 8 nitrogen and oxygen atoms in total. The van der Waals surface area contributed by atoms with Gasteiger partial charge >= 0.3 is 0 Å². The summed E-state index contributed by atoms with van der Waals surface area (Å²) in [6.07, 6.45) is 7.16. The predicted molar refractivity (Wildman–Crippen MR) is 125 cm³/mol. The molecule has 2 aromatic carbocycles. The zero-order chi connectivity index (χ0) is 23.7. The number of ether oxygens (including phenoxy) is 2. The summed E-state index contributed by atoms with van der Waals surface area (Å²) >= 11 is 0. The van der Waals surface area contributed by atoms with E-state index in [4.69, 9.17) is 9.47 Å². The summed E-state index contributed by atoms with van der Waals surface area (Å²) < 4.78 is 26.2. The van der Waals surface area contributed by atoms with Gasteiger partial charge in [0.05, 0.1) is 14.2 Å². The minimum absolute atomic E-state index is 0.00656. The lowest BCUT2D eigenvalue weighted by molar-refractivity contribution is -0.117. The van der Waals surface area contributed by atoms with Crippen LogP contribution >= 0.6 is 0 Å². The Labute approximate surface area is 197 Å². The average Bonchev–Trinajstić information content (AvgIpc) is 3.48. The summed E-state index contributed by atoms with van der Waals surface area (Å²) in [5, 5.41) is 16.9. The molecule has 0 radical (unpaired) electrons. The predicted octanol–water partition coefficient (Wildman–Crippen LogP) is 4.84. The van der Waals surface area contributed by atoms with Crippen molar-refractivity contribution < 1.29 is 18.7 Å². The molecule has 0 bridgehead atoms. The molecule has 0 spiro atoms. The first-order chi connectivity index (χ1) is 16.6. The van der Waals surface area contributed by atoms with Gasteiger partial charge in [-0.15, -0.1) is 5.10 Å². The van der Waals surface area contributed by atoms with E-state index in [0.29, 0.717) is 51.5 Å². The molecular formula is C25H28FN5O3. The number of aromatic nitrogens is 4. The van der Waals surface area contributed by atoms with Gasteiger partial charge in [-0.3, -0.25) is 4.79 Å². The van der Waals surface area contributed by atoms with Gasteiger partial charge in [0.1, 0.15) is 5.82 Å². The second-order valence-electron chi connectivity index (χ2n) is 9.09. The molecule has 2 aliphatic carbocycles. The smallest absolute Gasteiger partial charge is 0.227 e. The molecule has 2 N–H and O–H groups in total. The van der Waals surface area contributed by atoms with E-state index < -0.39 is 5.82 Å². The zero-order valence-electron chi connectivity index (χ0n) is 19.3. The Morgan fingerprint density at radius 3 is 2.59 bits per heavy atom. The summed E-state index contributed by atoms with van der Waals surface area (Å²) in [6.45, 7) is 0. The van der Waals surface area contributed by atoms with Crippen molar-refractivity contribution in [2.75, 3.05) is 19.5 Å². The van der Waals surface area contributed by atoms with Crippen molar-refractivity contribution in [3.63, 3.8) is 0 Å². The molecule has 1 heterocycles. The van der Waals surface area contributed by atoms with E-state index in [9.17, 15) is 4.79 Å². The summed E-state index contributed by atoms with van der Waals surface area (Å²) in [6, 6.07) is 8.19. The molecule has 9 heteroatoms. The van der Waals surface area contributed by atoms with Gasteiger partial charge in [0.2, 0.25) is 5.91 Å². The number of nitrogens with one attached hydrogen (secondary N) is 2. The highest BCUT2D eigenvalue weighted by atomic mass is 19.1. The number of benzene rings is 2. The largest absolute Gasteiger partial charge is 0.493 e. The number of nitrogens with zero attached hydrogens (tertiary/aromatic N) is 3. The van der Waals surface area contributed by atoms with Crippen LogP contribution in [0.25, 0.3) is 22.5 Å². The fraction of sp³-hybridized carbons (Fsp3) is 0.440. The van der Waals surface area contributed by atoms with Crippen molar-refractivity contribution in [1.29, 1.82) is 0 Å². The van der Waals surface area contributed by atoms with Crippen LogP contribution in [0.1, 0.15) is 38.5 Å². The monoisotopic (exact) mass is 465 g/mol. The Morgan fingerprint density at radius 2 is 1.88 bits per heavy atom. The van der Waals surface area contributed by atoms with Crippen LogP contribution in [0.4, 0.5) is 10.1 Å². The van der Waals surface area contributed by atoms with Gasteiger partial charge in [-0.25, -0.2) is 9.49 Å². The number of carbonyl (C=O) groups is 1. The number of methoxy groups -OCH3 is 2. The number of rotatable bonds is 7. The number of H-pyrrole nitrogens is 1. The van der Waals surface area contributed by atoms with Crippen molar-refractivity contribution in [3.05, 3.63) is 36.1 Å². The van der Waals surface area contributed by atoms with Crippen LogP contribution in [0, 0.1) is 23.6 Å². The van der Waals surface area contributed by atoms with Crippen LogP contribution in [0.3, 0.4) is 0 Å². The molecule has 2 atom stereocenters. The van der Waals surface area contributed by atoms with Crippen molar-refractivity contribution in [2.24, 2.45) is 17.8 Å². The van der Waals surface area contributed by atoms with E-state index in [0.717, 1.165) is 6.42 Å². The Morgan fingerprint density at radius 1 is 1.09 bits per heavy atom. The SMILES string of the molecule is COc1ccc(-c2c(F)cc(NC(=O)C3CC3C3CCCCC3)cc2-c2nnn[nH]2)cc1OC. The van der Waals surface area contributed by atoms with E-state index in [1.54, 1.807) is 31.4 Å². The number of hydrogen-bond acceptors (Lipinski definition) is 6. The molecule has 3 aromatic rings. The van der Waals surface area contributed by atoms with Crippen LogP contribution in [0.2, 0.25) is 0 Å². The van der Waals surface area contributed by atoms with E-state index in [-0.39, 0.29) is 11.8 Å². The van der Waals surface area contributed by atoms with Gasteiger partial charge in [-0.05, 0) is 58.5 Å². The lowest BCUT2D eigenvalue weighted by atomic mass is 9.85. The maximum atomic E-state index is 15.5. The Balaban J connectivity index is 1.44. The molecular weight excluding hydrogens is 437 g/mol. The quantitative estimate of drug-likeness (QED) is 0.517. The fourth-order valence-corrected chi connectivity index (χ4v) is 5.26. The maximum Gasteiger partial charge on any atom is 0.227 e. The summed E-state index contributed by atoms with van der Waals surface area (Å²) in [5.41, 5.74) is 1.68. The first kappa shape index (κ1) is 22.3. The highest BCUT2D eigenvalue weighted by molar-refractivity contribution is 5.96. The maximum absolute atomic E-state index is 15.5. The average molecular weight is 466 g/mol. The Bertz CT molecular complexity index is 1180. The second kappa shape index (κ2) is 9.40. The number of amides is 1. The van der Waals surface area contributed by atoms with Gasteiger partial charge in [-0.2, -0.15) is 0 Å². The van der Waals surface area contributed by atoms with Crippen LogP contribution < -0.4 is 14.8 Å². The van der Waals surface area contributed by atoms with Crippen LogP contribution in [-0.2, 0) is 4.79 Å². The Hall–Kier alpha value is -3.49. The van der Waals surface area contributed by atoms with Crippen LogP contribution in [-0.4, -0.2) is 40.8 Å². The molecule has 0 saturated heterocycles. The molecule has 2 fully saturated rings. The van der Waals surface area contributed by atoms with Crippen LogP contribution in [0.5, 0.6) is 11.5 Å². The third-order valence-electron chi connectivity index (χ3n) is 7.06. The number of carbonyl (C=O) groups excluding carboxylic acids is 1. The van der Waals surface area contributed by atoms with Gasteiger partial charge < -0.3 is 14.8 Å². The molecule has 1 aromatic heterocycles. The second-order valence-corrected chi connectivity index (χ2v) is 9.09. The lowest BCUT2D eigenvalue weighted by Crippen LogP contribution is -2.18. The standard InChI is InChI=1S/C25H28FN5O3/c1-33-21-9-8-15(10-22(21)34-2)23-19(24-28-30-31-29-24)11-16(12-20(23)26)27-25(32)18-13-17(18)14-6-4-3-5-7-14/h8-12,14,17-18H,3-7,13H2,1-2H3,(H,27,32)(H,28,29,30,31). The molecule has 34 heavy (non-hydrogen) atoms. The third kappa shape index (κ3) is 4.34. The first-order valence-corrected chi connectivity index (χ1v) is 11.7. The normalized spacial score (nSPS) is 20.1. The molecule has 1 amide bonds. The van der Waals surface area contributed by atoms with Crippen molar-refractivity contribution in [2.45, 2.75) is 38.5 Å². The van der Waals surface area contributed by atoms with Crippen molar-refractivity contribution in [3.8, 4) is 34.0 Å². The van der Waals surface area contributed by atoms with E-state index >= 15 is 4.39 Å². The van der Waals surface area contributed by atoms with Gasteiger partial charge in [0.25, 0.3) is 0 Å². The minimum atomic E-state index is -0.504. The lowest BCUT2D eigenvalue weighted by Gasteiger charge is -2.21. The molecule has 2 unspecified atom stereocenters.